The van der Waals surface area contributed by atoms with E-state index in [0.29, 0.717) is 19.6 Å². The Hall–Kier alpha value is -1.30. The zero-order valence-electron chi connectivity index (χ0n) is 9.95. The fourth-order valence-corrected chi connectivity index (χ4v) is 1.12. The maximum absolute atomic E-state index is 11.3. The van der Waals surface area contributed by atoms with E-state index in [1.54, 1.807) is 21.0 Å². The van der Waals surface area contributed by atoms with Crippen molar-refractivity contribution in [3.05, 3.63) is 0 Å². The minimum atomic E-state index is -1.03. The standard InChI is InChI=1S/C10H20N2O4/c1-7(2)8(9(13)14)12-10(15)11-5-4-6-16-3/h7-8H,4-6H2,1-3H3,(H,13,14)(H2,11,12,15)/t8-/m0/s1. The Morgan fingerprint density at radius 1 is 1.38 bits per heavy atom. The second-order valence-corrected chi connectivity index (χ2v) is 3.81. The summed E-state index contributed by atoms with van der Waals surface area (Å²) in [5.74, 6) is -1.18. The second-order valence-electron chi connectivity index (χ2n) is 3.81. The van der Waals surface area contributed by atoms with Crippen molar-refractivity contribution in [3.8, 4) is 0 Å². The molecule has 0 aromatic carbocycles. The highest BCUT2D eigenvalue weighted by molar-refractivity contribution is 5.82. The summed E-state index contributed by atoms with van der Waals surface area (Å²) in [7, 11) is 1.58. The van der Waals surface area contributed by atoms with E-state index in [2.05, 4.69) is 10.6 Å². The van der Waals surface area contributed by atoms with Crippen molar-refractivity contribution >= 4 is 12.0 Å². The molecule has 0 aromatic heterocycles. The number of amides is 2. The Labute approximate surface area is 95.4 Å². The molecule has 0 aliphatic rings. The Bertz CT molecular complexity index is 231. The molecule has 0 aliphatic heterocycles. The van der Waals surface area contributed by atoms with Gasteiger partial charge in [0.25, 0.3) is 0 Å². The topological polar surface area (TPSA) is 87.7 Å². The summed E-state index contributed by atoms with van der Waals surface area (Å²) < 4.78 is 4.82. The summed E-state index contributed by atoms with van der Waals surface area (Å²) in [6, 6.07) is -1.32. The molecule has 94 valence electrons. The van der Waals surface area contributed by atoms with Crippen molar-refractivity contribution in [2.45, 2.75) is 26.3 Å². The van der Waals surface area contributed by atoms with Crippen molar-refractivity contribution in [2.24, 2.45) is 5.92 Å². The van der Waals surface area contributed by atoms with Crippen LogP contribution in [0.1, 0.15) is 20.3 Å². The van der Waals surface area contributed by atoms with Gasteiger partial charge in [-0.3, -0.25) is 0 Å². The molecule has 3 N–H and O–H groups in total. The number of carboxylic acid groups (broad SMARTS) is 1. The van der Waals surface area contributed by atoms with Crippen molar-refractivity contribution < 1.29 is 19.4 Å². The Morgan fingerprint density at radius 3 is 2.44 bits per heavy atom. The Balaban J connectivity index is 3.87. The first-order valence-corrected chi connectivity index (χ1v) is 5.25. The number of methoxy groups -OCH3 is 1. The molecule has 0 saturated heterocycles. The van der Waals surface area contributed by atoms with Crippen LogP contribution in [0.25, 0.3) is 0 Å². The molecular formula is C10H20N2O4. The van der Waals surface area contributed by atoms with Crippen LogP contribution in [0.5, 0.6) is 0 Å². The van der Waals surface area contributed by atoms with Crippen LogP contribution in [0.4, 0.5) is 4.79 Å². The third-order valence-corrected chi connectivity index (χ3v) is 2.03. The van der Waals surface area contributed by atoms with Gasteiger partial charge in [-0.05, 0) is 12.3 Å². The summed E-state index contributed by atoms with van der Waals surface area (Å²) in [4.78, 5) is 22.1. The normalized spacial score (nSPS) is 12.2. The van der Waals surface area contributed by atoms with E-state index in [9.17, 15) is 9.59 Å². The molecule has 0 unspecified atom stereocenters. The van der Waals surface area contributed by atoms with E-state index in [1.807, 2.05) is 0 Å². The highest BCUT2D eigenvalue weighted by Gasteiger charge is 2.22. The van der Waals surface area contributed by atoms with Gasteiger partial charge in [0.05, 0.1) is 0 Å². The summed E-state index contributed by atoms with van der Waals surface area (Å²) in [6.45, 7) is 4.50. The maximum atomic E-state index is 11.3. The van der Waals surface area contributed by atoms with E-state index < -0.39 is 18.0 Å². The predicted molar refractivity (Wildman–Crippen MR) is 59.3 cm³/mol. The molecule has 6 nitrogen and oxygen atoms in total. The van der Waals surface area contributed by atoms with Gasteiger partial charge < -0.3 is 20.5 Å². The van der Waals surface area contributed by atoms with Gasteiger partial charge in [-0.15, -0.1) is 0 Å². The van der Waals surface area contributed by atoms with Crippen LogP contribution >= 0.6 is 0 Å². The van der Waals surface area contributed by atoms with Crippen molar-refractivity contribution in [1.29, 1.82) is 0 Å². The Morgan fingerprint density at radius 2 is 2.00 bits per heavy atom. The first kappa shape index (κ1) is 14.7. The SMILES string of the molecule is COCCCNC(=O)N[C@H](C(=O)O)C(C)C. The van der Waals surface area contributed by atoms with Crippen LogP contribution in [0.15, 0.2) is 0 Å². The zero-order chi connectivity index (χ0) is 12.6. The van der Waals surface area contributed by atoms with Crippen LogP contribution in [0.3, 0.4) is 0 Å². The maximum Gasteiger partial charge on any atom is 0.326 e. The first-order chi connectivity index (χ1) is 7.49. The molecule has 0 aromatic rings. The molecule has 0 heterocycles. The number of carbonyl (C=O) groups is 2. The minimum absolute atomic E-state index is 0.151. The first-order valence-electron chi connectivity index (χ1n) is 5.25. The smallest absolute Gasteiger partial charge is 0.326 e. The molecule has 0 bridgehead atoms. The molecule has 0 rings (SSSR count). The molecule has 0 aliphatic carbocycles. The molecule has 6 heteroatoms. The number of ether oxygens (including phenoxy) is 1. The molecule has 2 amide bonds. The van der Waals surface area contributed by atoms with Crippen LogP contribution in [-0.2, 0) is 9.53 Å². The third kappa shape index (κ3) is 6.23. The highest BCUT2D eigenvalue weighted by atomic mass is 16.5. The summed E-state index contributed by atoms with van der Waals surface area (Å²) in [5.41, 5.74) is 0. The number of hydrogen-bond acceptors (Lipinski definition) is 3. The van der Waals surface area contributed by atoms with Gasteiger partial charge >= 0.3 is 12.0 Å². The molecule has 1 atom stereocenters. The largest absolute Gasteiger partial charge is 0.480 e. The van der Waals surface area contributed by atoms with E-state index >= 15 is 0 Å². The third-order valence-electron chi connectivity index (χ3n) is 2.03. The quantitative estimate of drug-likeness (QED) is 0.555. The molecule has 0 saturated carbocycles. The van der Waals surface area contributed by atoms with Crippen LogP contribution in [0, 0.1) is 5.92 Å². The van der Waals surface area contributed by atoms with Crippen LogP contribution in [0.2, 0.25) is 0 Å². The lowest BCUT2D eigenvalue weighted by Crippen LogP contribution is -2.48. The van der Waals surface area contributed by atoms with Gasteiger partial charge in [0.1, 0.15) is 6.04 Å². The highest BCUT2D eigenvalue weighted by Crippen LogP contribution is 2.01. The lowest BCUT2D eigenvalue weighted by Gasteiger charge is -2.18. The lowest BCUT2D eigenvalue weighted by atomic mass is 10.1. The summed E-state index contributed by atoms with van der Waals surface area (Å²) in [5, 5.41) is 13.8. The van der Waals surface area contributed by atoms with Crippen molar-refractivity contribution in [1.82, 2.24) is 10.6 Å². The van der Waals surface area contributed by atoms with E-state index in [1.165, 1.54) is 0 Å². The van der Waals surface area contributed by atoms with E-state index in [4.69, 9.17) is 9.84 Å². The zero-order valence-corrected chi connectivity index (χ0v) is 9.95. The van der Waals surface area contributed by atoms with Gasteiger partial charge in [0.15, 0.2) is 0 Å². The average Bonchev–Trinajstić information content (AvgIpc) is 2.20. The number of rotatable bonds is 7. The van der Waals surface area contributed by atoms with Crippen LogP contribution in [-0.4, -0.2) is 43.4 Å². The van der Waals surface area contributed by atoms with Crippen molar-refractivity contribution in [3.63, 3.8) is 0 Å². The predicted octanol–water partition coefficient (Wildman–Crippen LogP) is 0.431. The fourth-order valence-electron chi connectivity index (χ4n) is 1.12. The lowest BCUT2D eigenvalue weighted by molar-refractivity contribution is -0.140. The van der Waals surface area contributed by atoms with Gasteiger partial charge in [0.2, 0.25) is 0 Å². The summed E-state index contributed by atoms with van der Waals surface area (Å²) >= 11 is 0. The van der Waals surface area contributed by atoms with E-state index in [0.717, 1.165) is 0 Å². The van der Waals surface area contributed by atoms with E-state index in [-0.39, 0.29) is 5.92 Å². The second kappa shape index (κ2) is 7.92. The number of carboxylic acids is 1. The number of aliphatic carboxylic acids is 1. The van der Waals surface area contributed by atoms with Gasteiger partial charge in [-0.1, -0.05) is 13.8 Å². The van der Waals surface area contributed by atoms with Crippen LogP contribution < -0.4 is 10.6 Å². The Kier molecular flexibility index (Phi) is 7.28. The number of carbonyl (C=O) groups excluding carboxylic acids is 1. The average molecular weight is 232 g/mol. The number of hydrogen-bond donors (Lipinski definition) is 3. The fraction of sp³-hybridized carbons (Fsp3) is 0.800. The van der Waals surface area contributed by atoms with Gasteiger partial charge in [-0.25, -0.2) is 9.59 Å². The van der Waals surface area contributed by atoms with Gasteiger partial charge in [-0.2, -0.15) is 0 Å². The molecule has 16 heavy (non-hydrogen) atoms. The molecule has 0 fully saturated rings. The number of nitrogens with one attached hydrogen (secondary N) is 2. The molecule has 0 radical (unpaired) electrons. The monoisotopic (exact) mass is 232 g/mol. The molecule has 0 spiro atoms. The summed E-state index contributed by atoms with van der Waals surface area (Å²) in [6.07, 6.45) is 0.698. The number of urea groups is 1. The van der Waals surface area contributed by atoms with Gasteiger partial charge in [0, 0.05) is 20.3 Å². The van der Waals surface area contributed by atoms with Crippen molar-refractivity contribution in [2.75, 3.05) is 20.3 Å². The molecular weight excluding hydrogens is 212 g/mol. The minimum Gasteiger partial charge on any atom is -0.480 e.